The molecule has 2 N–H and O–H groups in total. The van der Waals surface area contributed by atoms with E-state index in [0.29, 0.717) is 0 Å². The zero-order valence-electron chi connectivity index (χ0n) is 12.8. The molecule has 1 aromatic carbocycles. The summed E-state index contributed by atoms with van der Waals surface area (Å²) < 4.78 is 67.5. The summed E-state index contributed by atoms with van der Waals surface area (Å²) >= 11 is 0. The number of aliphatic hydroxyl groups is 1. The third kappa shape index (κ3) is 3.28. The fourth-order valence-electron chi connectivity index (χ4n) is 1.77. The number of nitrogens with one attached hydrogen (secondary N) is 1. The molecule has 126 valence electrons. The Balaban J connectivity index is 3.55. The maximum absolute atomic E-state index is 14.2. The predicted octanol–water partition coefficient (Wildman–Crippen LogP) is 2.39. The van der Waals surface area contributed by atoms with Crippen LogP contribution < -0.4 is 4.72 Å². The lowest BCUT2D eigenvalue weighted by Crippen LogP contribution is -2.60. The summed E-state index contributed by atoms with van der Waals surface area (Å²) in [5.41, 5.74) is -3.17. The Morgan fingerprint density at radius 3 is 2.05 bits per heavy atom. The molecule has 8 heteroatoms. The van der Waals surface area contributed by atoms with Crippen molar-refractivity contribution in [1.82, 2.24) is 4.72 Å². The number of halogens is 3. The van der Waals surface area contributed by atoms with Crippen molar-refractivity contribution in [3.8, 4) is 0 Å². The number of hydrogen-bond acceptors (Lipinski definition) is 3. The fourth-order valence-corrected chi connectivity index (χ4v) is 2.88. The molecule has 1 rings (SSSR count). The van der Waals surface area contributed by atoms with Gasteiger partial charge in [-0.1, -0.05) is 18.2 Å². The van der Waals surface area contributed by atoms with Gasteiger partial charge in [0.25, 0.3) is 5.92 Å². The topological polar surface area (TPSA) is 66.4 Å². The molecule has 0 bridgehead atoms. The van der Waals surface area contributed by atoms with Gasteiger partial charge in [-0.3, -0.25) is 0 Å². The molecule has 4 nitrogen and oxygen atoms in total. The van der Waals surface area contributed by atoms with Gasteiger partial charge < -0.3 is 5.11 Å². The first-order chi connectivity index (χ1) is 9.78. The van der Waals surface area contributed by atoms with Crippen molar-refractivity contribution in [2.24, 2.45) is 0 Å². The molecule has 0 radical (unpaired) electrons. The van der Waals surface area contributed by atoms with Crippen molar-refractivity contribution < 1.29 is 26.7 Å². The molecule has 0 heterocycles. The Hall–Kier alpha value is -1.12. The number of rotatable bonds is 5. The molecular weight excluding hydrogens is 319 g/mol. The van der Waals surface area contributed by atoms with Crippen LogP contribution in [0.3, 0.4) is 0 Å². The Morgan fingerprint density at radius 1 is 1.14 bits per heavy atom. The van der Waals surface area contributed by atoms with Crippen LogP contribution >= 0.6 is 0 Å². The van der Waals surface area contributed by atoms with Gasteiger partial charge in [0.15, 0.2) is 0 Å². The van der Waals surface area contributed by atoms with Gasteiger partial charge in [0, 0.05) is 5.56 Å². The lowest BCUT2D eigenvalue weighted by Gasteiger charge is -2.39. The van der Waals surface area contributed by atoms with Gasteiger partial charge in [-0.25, -0.2) is 21.6 Å². The van der Waals surface area contributed by atoms with Gasteiger partial charge in [0.2, 0.25) is 10.0 Å². The van der Waals surface area contributed by atoms with Crippen LogP contribution in [0.5, 0.6) is 0 Å². The van der Waals surface area contributed by atoms with Gasteiger partial charge in [-0.05, 0) is 33.8 Å². The zero-order chi connectivity index (χ0) is 17.4. The summed E-state index contributed by atoms with van der Waals surface area (Å²) in [5.74, 6) is -4.90. The first-order valence-electron chi connectivity index (χ1n) is 6.56. The number of hydrogen-bond donors (Lipinski definition) is 2. The van der Waals surface area contributed by atoms with Crippen LogP contribution in [-0.2, 0) is 15.6 Å². The van der Waals surface area contributed by atoms with Gasteiger partial charge in [-0.15, -0.1) is 0 Å². The van der Waals surface area contributed by atoms with Crippen LogP contribution in [0.1, 0.15) is 33.3 Å². The van der Waals surface area contributed by atoms with E-state index in [2.05, 4.69) is 0 Å². The second-order valence-electron chi connectivity index (χ2n) is 6.19. The molecule has 0 amide bonds. The average Bonchev–Trinajstić information content (AvgIpc) is 2.37. The highest BCUT2D eigenvalue weighted by atomic mass is 32.2. The zero-order valence-corrected chi connectivity index (χ0v) is 13.6. The second-order valence-corrected chi connectivity index (χ2v) is 8.62. The molecule has 0 saturated heterocycles. The van der Waals surface area contributed by atoms with E-state index in [1.165, 1.54) is 32.9 Å². The van der Waals surface area contributed by atoms with E-state index in [1.54, 1.807) is 0 Å². The normalized spacial score (nSPS) is 16.4. The van der Waals surface area contributed by atoms with Crippen LogP contribution in [0.15, 0.2) is 24.3 Å². The summed E-state index contributed by atoms with van der Waals surface area (Å²) in [6.45, 7) is 3.20. The molecule has 1 aromatic rings. The largest absolute Gasteiger partial charge is 0.390 e. The smallest absolute Gasteiger partial charge is 0.293 e. The summed E-state index contributed by atoms with van der Waals surface area (Å²) in [5, 5.41) is 8.97. The molecule has 22 heavy (non-hydrogen) atoms. The fraction of sp³-hybridized carbons (Fsp3) is 0.571. The molecule has 0 spiro atoms. The number of sulfonamides is 1. The Morgan fingerprint density at radius 2 is 1.64 bits per heavy atom. The van der Waals surface area contributed by atoms with E-state index in [1.807, 2.05) is 4.72 Å². The van der Waals surface area contributed by atoms with E-state index >= 15 is 0 Å². The first kappa shape index (κ1) is 18.9. The van der Waals surface area contributed by atoms with Crippen LogP contribution in [-0.4, -0.2) is 30.8 Å². The standard InChI is InChI=1S/C14H20F3NO3S/c1-12(2,3)22(20,21)18-13(4,14(16,17)9-19)10-7-5-6-8-11(10)15/h5-8,18-19H,9H2,1-4H3/t13-/m1/s1. The Kier molecular flexibility index (Phi) is 5.01. The van der Waals surface area contributed by atoms with Crippen molar-refractivity contribution in [1.29, 1.82) is 0 Å². The molecule has 1 atom stereocenters. The first-order valence-corrected chi connectivity index (χ1v) is 8.04. The molecular formula is C14H20F3NO3S. The maximum Gasteiger partial charge on any atom is 0.293 e. The van der Waals surface area contributed by atoms with Gasteiger partial charge in [0.1, 0.15) is 18.0 Å². The Labute approximate surface area is 128 Å². The third-order valence-corrected chi connectivity index (χ3v) is 5.78. The molecule has 0 aromatic heterocycles. The van der Waals surface area contributed by atoms with Gasteiger partial charge >= 0.3 is 0 Å². The minimum absolute atomic E-state index is 0.540. The number of aliphatic hydroxyl groups excluding tert-OH is 1. The highest BCUT2D eigenvalue weighted by Crippen LogP contribution is 2.40. The van der Waals surface area contributed by atoms with Crippen LogP contribution in [0.2, 0.25) is 0 Å². The summed E-state index contributed by atoms with van der Waals surface area (Å²) in [4.78, 5) is 0. The van der Waals surface area contributed by atoms with E-state index in [9.17, 15) is 21.6 Å². The van der Waals surface area contributed by atoms with Crippen molar-refractivity contribution in [2.45, 2.75) is 43.9 Å². The predicted molar refractivity (Wildman–Crippen MR) is 77.6 cm³/mol. The summed E-state index contributed by atoms with van der Waals surface area (Å²) in [6.07, 6.45) is 0. The van der Waals surface area contributed by atoms with Gasteiger partial charge in [-0.2, -0.15) is 4.72 Å². The molecule has 0 unspecified atom stereocenters. The maximum atomic E-state index is 14.2. The SMILES string of the molecule is CC(C)(C)S(=O)(=O)N[C@](C)(c1ccccc1F)C(F)(F)CO. The van der Waals surface area contributed by atoms with Crippen LogP contribution in [0.4, 0.5) is 13.2 Å². The lowest BCUT2D eigenvalue weighted by molar-refractivity contribution is -0.115. The van der Waals surface area contributed by atoms with E-state index in [4.69, 9.17) is 5.11 Å². The molecule has 0 fully saturated rings. The van der Waals surface area contributed by atoms with Crippen molar-refractivity contribution in [2.75, 3.05) is 6.61 Å². The van der Waals surface area contributed by atoms with Crippen molar-refractivity contribution >= 4 is 10.0 Å². The van der Waals surface area contributed by atoms with Crippen molar-refractivity contribution in [3.05, 3.63) is 35.6 Å². The molecule has 0 aliphatic carbocycles. The molecule has 0 aliphatic heterocycles. The summed E-state index contributed by atoms with van der Waals surface area (Å²) in [6, 6.07) is 4.63. The van der Waals surface area contributed by atoms with Crippen molar-refractivity contribution in [3.63, 3.8) is 0 Å². The Bertz CT molecular complexity index is 641. The third-order valence-electron chi connectivity index (χ3n) is 3.49. The molecule has 0 saturated carbocycles. The second kappa shape index (κ2) is 5.82. The lowest BCUT2D eigenvalue weighted by atomic mass is 9.86. The van der Waals surface area contributed by atoms with E-state index in [-0.39, 0.29) is 0 Å². The average molecular weight is 339 g/mol. The van der Waals surface area contributed by atoms with E-state index < -0.39 is 44.2 Å². The number of benzene rings is 1. The highest BCUT2D eigenvalue weighted by molar-refractivity contribution is 7.90. The minimum atomic E-state index is -4.22. The molecule has 0 aliphatic rings. The quantitative estimate of drug-likeness (QED) is 0.866. The minimum Gasteiger partial charge on any atom is -0.390 e. The van der Waals surface area contributed by atoms with Crippen LogP contribution in [0.25, 0.3) is 0 Å². The van der Waals surface area contributed by atoms with E-state index in [0.717, 1.165) is 19.1 Å². The summed E-state index contributed by atoms with van der Waals surface area (Å²) in [7, 11) is -4.22. The number of alkyl halides is 2. The van der Waals surface area contributed by atoms with Crippen LogP contribution in [0, 0.1) is 5.82 Å². The van der Waals surface area contributed by atoms with Gasteiger partial charge in [0.05, 0.1) is 4.75 Å². The monoisotopic (exact) mass is 339 g/mol. The highest BCUT2D eigenvalue weighted by Gasteiger charge is 2.55.